The zero-order valence-electron chi connectivity index (χ0n) is 14.9. The second kappa shape index (κ2) is 8.06. The first-order chi connectivity index (χ1) is 12.2. The van der Waals surface area contributed by atoms with Crippen LogP contribution in [0.5, 0.6) is 11.5 Å². The summed E-state index contributed by atoms with van der Waals surface area (Å²) in [6.07, 6.45) is 3.30. The number of rotatable bonds is 4. The molecule has 4 heteroatoms. The first-order valence-electron chi connectivity index (χ1n) is 8.78. The van der Waals surface area contributed by atoms with E-state index >= 15 is 0 Å². The molecule has 1 unspecified atom stereocenters. The molecule has 2 aromatic carbocycles. The molecule has 0 aromatic heterocycles. The van der Waals surface area contributed by atoms with Gasteiger partial charge in [0.2, 0.25) is 0 Å². The van der Waals surface area contributed by atoms with E-state index < -0.39 is 0 Å². The normalized spacial score (nSPS) is 17.7. The van der Waals surface area contributed by atoms with E-state index in [1.807, 2.05) is 11.0 Å². The summed E-state index contributed by atoms with van der Waals surface area (Å²) in [5.74, 6) is 1.70. The number of nitrogens with zero attached hydrogens (tertiary/aromatic N) is 1. The average Bonchev–Trinajstić information content (AvgIpc) is 2.94. The molecule has 1 aliphatic heterocycles. The van der Waals surface area contributed by atoms with Gasteiger partial charge in [0.05, 0.1) is 14.2 Å². The zero-order valence-corrected chi connectivity index (χ0v) is 14.9. The predicted molar refractivity (Wildman–Crippen MR) is 98.5 cm³/mol. The number of ether oxygens (including phenoxy) is 2. The topological polar surface area (TPSA) is 38.8 Å². The van der Waals surface area contributed by atoms with Gasteiger partial charge >= 0.3 is 0 Å². The molecule has 1 fully saturated rings. The van der Waals surface area contributed by atoms with E-state index in [4.69, 9.17) is 9.47 Å². The van der Waals surface area contributed by atoms with Crippen molar-refractivity contribution < 1.29 is 14.3 Å². The van der Waals surface area contributed by atoms with Gasteiger partial charge in [-0.25, -0.2) is 0 Å². The van der Waals surface area contributed by atoms with Gasteiger partial charge in [-0.2, -0.15) is 0 Å². The smallest absolute Gasteiger partial charge is 0.254 e. The van der Waals surface area contributed by atoms with Crippen molar-refractivity contribution in [1.82, 2.24) is 4.90 Å². The van der Waals surface area contributed by atoms with Crippen LogP contribution in [0.15, 0.2) is 48.5 Å². The molecule has 2 aromatic rings. The first kappa shape index (κ1) is 17.3. The Labute approximate surface area is 149 Å². The summed E-state index contributed by atoms with van der Waals surface area (Å²) in [4.78, 5) is 15.1. The molecule has 1 saturated heterocycles. The lowest BCUT2D eigenvalue weighted by molar-refractivity contribution is 0.0753. The Bertz CT molecular complexity index is 692. The van der Waals surface area contributed by atoms with Crippen LogP contribution in [0.4, 0.5) is 0 Å². The lowest BCUT2D eigenvalue weighted by atomic mass is 9.94. The Hall–Kier alpha value is -2.49. The van der Waals surface area contributed by atoms with Gasteiger partial charge in [0.1, 0.15) is 11.5 Å². The van der Waals surface area contributed by atoms with Gasteiger partial charge in [-0.05, 0) is 30.5 Å². The van der Waals surface area contributed by atoms with Gasteiger partial charge in [-0.15, -0.1) is 0 Å². The summed E-state index contributed by atoms with van der Waals surface area (Å²) in [5, 5.41) is 0. The van der Waals surface area contributed by atoms with Gasteiger partial charge in [0, 0.05) is 30.6 Å². The minimum absolute atomic E-state index is 0.0417. The van der Waals surface area contributed by atoms with Crippen LogP contribution in [0, 0.1) is 0 Å². The van der Waals surface area contributed by atoms with Crippen LogP contribution in [-0.4, -0.2) is 38.1 Å². The van der Waals surface area contributed by atoms with Crippen LogP contribution >= 0.6 is 0 Å². The largest absolute Gasteiger partial charge is 0.497 e. The van der Waals surface area contributed by atoms with Gasteiger partial charge in [0.25, 0.3) is 5.91 Å². The van der Waals surface area contributed by atoms with Crippen molar-refractivity contribution in [2.45, 2.75) is 25.2 Å². The first-order valence-corrected chi connectivity index (χ1v) is 8.78. The number of hydrogen-bond acceptors (Lipinski definition) is 3. The third-order valence-electron chi connectivity index (χ3n) is 4.83. The fourth-order valence-electron chi connectivity index (χ4n) is 3.44. The molecule has 0 aliphatic carbocycles. The third kappa shape index (κ3) is 4.13. The van der Waals surface area contributed by atoms with E-state index in [2.05, 4.69) is 24.3 Å². The zero-order chi connectivity index (χ0) is 17.6. The van der Waals surface area contributed by atoms with Crippen molar-refractivity contribution in [2.75, 3.05) is 27.3 Å². The quantitative estimate of drug-likeness (QED) is 0.841. The van der Waals surface area contributed by atoms with E-state index in [0.29, 0.717) is 23.0 Å². The molecular weight excluding hydrogens is 314 g/mol. The SMILES string of the molecule is COc1cc(OC)cc(C(=O)N2CCCCC(c3ccccc3)C2)c1. The Morgan fingerprint density at radius 3 is 2.32 bits per heavy atom. The van der Waals surface area contributed by atoms with Crippen molar-refractivity contribution in [2.24, 2.45) is 0 Å². The monoisotopic (exact) mass is 339 g/mol. The Morgan fingerprint density at radius 2 is 1.68 bits per heavy atom. The van der Waals surface area contributed by atoms with E-state index in [1.54, 1.807) is 32.4 Å². The van der Waals surface area contributed by atoms with Crippen LogP contribution in [0.2, 0.25) is 0 Å². The second-order valence-electron chi connectivity index (χ2n) is 6.46. The minimum atomic E-state index is 0.0417. The molecule has 1 aliphatic rings. The molecule has 0 spiro atoms. The van der Waals surface area contributed by atoms with Crippen LogP contribution in [0.25, 0.3) is 0 Å². The van der Waals surface area contributed by atoms with E-state index in [9.17, 15) is 4.79 Å². The van der Waals surface area contributed by atoms with E-state index in [0.717, 1.165) is 32.4 Å². The summed E-state index contributed by atoms with van der Waals surface area (Å²) >= 11 is 0. The van der Waals surface area contributed by atoms with Crippen LogP contribution in [0.3, 0.4) is 0 Å². The van der Waals surface area contributed by atoms with Crippen molar-refractivity contribution in [3.05, 3.63) is 59.7 Å². The minimum Gasteiger partial charge on any atom is -0.497 e. The lowest BCUT2D eigenvalue weighted by Crippen LogP contribution is -2.34. The second-order valence-corrected chi connectivity index (χ2v) is 6.46. The molecule has 1 atom stereocenters. The standard InChI is InChI=1S/C21H25NO3/c1-24-19-12-18(13-20(14-19)25-2)21(23)22-11-7-6-10-17(15-22)16-8-4-3-5-9-16/h3-5,8-9,12-14,17H,6-7,10-11,15H2,1-2H3. The number of amides is 1. The molecule has 4 nitrogen and oxygen atoms in total. The highest BCUT2D eigenvalue weighted by Crippen LogP contribution is 2.29. The van der Waals surface area contributed by atoms with Crippen LogP contribution in [0.1, 0.15) is 41.1 Å². The van der Waals surface area contributed by atoms with Crippen LogP contribution in [-0.2, 0) is 0 Å². The van der Waals surface area contributed by atoms with Crippen molar-refractivity contribution in [3.63, 3.8) is 0 Å². The number of methoxy groups -OCH3 is 2. The molecule has 0 radical (unpaired) electrons. The molecule has 3 rings (SSSR count). The van der Waals surface area contributed by atoms with Gasteiger partial charge in [-0.3, -0.25) is 4.79 Å². The molecule has 0 saturated carbocycles. The summed E-state index contributed by atoms with van der Waals surface area (Å²) in [5.41, 5.74) is 1.93. The Balaban J connectivity index is 1.83. The highest BCUT2D eigenvalue weighted by molar-refractivity contribution is 5.95. The Morgan fingerprint density at radius 1 is 1.00 bits per heavy atom. The number of benzene rings is 2. The maximum absolute atomic E-state index is 13.1. The summed E-state index contributed by atoms with van der Waals surface area (Å²) in [6.45, 7) is 1.55. The van der Waals surface area contributed by atoms with Crippen molar-refractivity contribution in [3.8, 4) is 11.5 Å². The molecule has 25 heavy (non-hydrogen) atoms. The van der Waals surface area contributed by atoms with Crippen molar-refractivity contribution in [1.29, 1.82) is 0 Å². The number of likely N-dealkylation sites (tertiary alicyclic amines) is 1. The maximum Gasteiger partial charge on any atom is 0.254 e. The summed E-state index contributed by atoms with van der Waals surface area (Å²) < 4.78 is 10.6. The van der Waals surface area contributed by atoms with Crippen LogP contribution < -0.4 is 9.47 Å². The molecule has 1 amide bonds. The molecular formula is C21H25NO3. The Kier molecular flexibility index (Phi) is 5.59. The summed E-state index contributed by atoms with van der Waals surface area (Å²) in [6, 6.07) is 15.8. The highest BCUT2D eigenvalue weighted by Gasteiger charge is 2.24. The third-order valence-corrected chi connectivity index (χ3v) is 4.83. The maximum atomic E-state index is 13.1. The number of hydrogen-bond donors (Lipinski definition) is 0. The average molecular weight is 339 g/mol. The molecule has 0 bridgehead atoms. The molecule has 132 valence electrons. The molecule has 1 heterocycles. The lowest BCUT2D eigenvalue weighted by Gasteiger charge is -2.25. The van der Waals surface area contributed by atoms with Gasteiger partial charge in [0.15, 0.2) is 0 Å². The number of carbonyl (C=O) groups is 1. The predicted octanol–water partition coefficient (Wildman–Crippen LogP) is 4.11. The van der Waals surface area contributed by atoms with Crippen molar-refractivity contribution >= 4 is 5.91 Å². The fraction of sp³-hybridized carbons (Fsp3) is 0.381. The van der Waals surface area contributed by atoms with E-state index in [1.165, 1.54) is 5.56 Å². The van der Waals surface area contributed by atoms with Gasteiger partial charge < -0.3 is 14.4 Å². The molecule has 0 N–H and O–H groups in total. The fourth-order valence-corrected chi connectivity index (χ4v) is 3.44. The van der Waals surface area contributed by atoms with E-state index in [-0.39, 0.29) is 5.91 Å². The number of carbonyl (C=O) groups excluding carboxylic acids is 1. The van der Waals surface area contributed by atoms with Gasteiger partial charge in [-0.1, -0.05) is 36.8 Å². The summed E-state index contributed by atoms with van der Waals surface area (Å²) in [7, 11) is 3.20. The highest BCUT2D eigenvalue weighted by atomic mass is 16.5.